The minimum Gasteiger partial charge on any atom is -0.444 e. The Kier molecular flexibility index (Phi) is 6.97. The number of fused-ring (bicyclic) bond motifs is 1. The van der Waals surface area contributed by atoms with Crippen molar-refractivity contribution < 1.29 is 14.3 Å². The Labute approximate surface area is 182 Å². The molecule has 0 spiro atoms. The lowest BCUT2D eigenvalue weighted by Gasteiger charge is -2.23. The predicted octanol–water partition coefficient (Wildman–Crippen LogP) is 3.74. The van der Waals surface area contributed by atoms with Crippen molar-refractivity contribution in [3.05, 3.63) is 65.9 Å². The first-order valence-corrected chi connectivity index (χ1v) is 10.4. The van der Waals surface area contributed by atoms with Crippen LogP contribution in [0, 0.1) is 0 Å². The zero-order chi connectivity index (χ0) is 22.4. The first-order chi connectivity index (χ1) is 14.7. The van der Waals surface area contributed by atoms with Crippen molar-refractivity contribution in [2.45, 2.75) is 45.3 Å². The van der Waals surface area contributed by atoms with Gasteiger partial charge in [0.05, 0.1) is 0 Å². The van der Waals surface area contributed by atoms with Gasteiger partial charge in [0.15, 0.2) is 0 Å². The number of nitrogens with two attached hydrogens (primary N) is 1. The molecule has 0 saturated carbocycles. The van der Waals surface area contributed by atoms with Crippen LogP contribution >= 0.6 is 0 Å². The molecule has 3 rings (SSSR count). The number of ether oxygens (including phenoxy) is 1. The van der Waals surface area contributed by atoms with Gasteiger partial charge in [-0.25, -0.2) is 4.79 Å². The number of amides is 2. The lowest BCUT2D eigenvalue weighted by molar-refractivity contribution is -0.118. The zero-order valence-electron chi connectivity index (χ0n) is 18.2. The standard InChI is InChI=1S/C24H30N4O3/c1-24(2,3)31-23(30)28-21(13-16-7-5-4-6-8-16)22(29)27-18-9-10-20-19(14-18)17(11-12-25)15-26-20/h4-10,14-15,21,26H,11-13,25H2,1-3H3,(H,27,29)(H,28,30). The minimum atomic E-state index is -0.789. The number of anilines is 1. The number of nitrogens with one attached hydrogen (secondary N) is 3. The second-order valence-corrected chi connectivity index (χ2v) is 8.49. The van der Waals surface area contributed by atoms with Crippen LogP contribution in [-0.4, -0.2) is 35.2 Å². The van der Waals surface area contributed by atoms with Gasteiger partial charge in [0.1, 0.15) is 11.6 Å². The third-order valence-electron chi connectivity index (χ3n) is 4.74. The van der Waals surface area contributed by atoms with E-state index in [0.717, 1.165) is 28.5 Å². The van der Waals surface area contributed by atoms with Gasteiger partial charge in [-0.2, -0.15) is 0 Å². The zero-order valence-corrected chi connectivity index (χ0v) is 18.2. The molecule has 0 aliphatic heterocycles. The van der Waals surface area contributed by atoms with Crippen LogP contribution in [0.3, 0.4) is 0 Å². The van der Waals surface area contributed by atoms with Gasteiger partial charge in [0.2, 0.25) is 5.91 Å². The van der Waals surface area contributed by atoms with Gasteiger partial charge < -0.3 is 26.1 Å². The number of carbonyl (C=O) groups is 2. The summed E-state index contributed by atoms with van der Waals surface area (Å²) in [6.45, 7) is 5.89. The number of hydrogen-bond acceptors (Lipinski definition) is 4. The molecule has 0 bridgehead atoms. The number of carbonyl (C=O) groups excluding carboxylic acids is 2. The quantitative estimate of drug-likeness (QED) is 0.465. The Bertz CT molecular complexity index is 1040. The lowest BCUT2D eigenvalue weighted by atomic mass is 10.0. The first kappa shape index (κ1) is 22.4. The summed E-state index contributed by atoms with van der Waals surface area (Å²) in [5.41, 5.74) is 8.71. The second kappa shape index (κ2) is 9.66. The number of rotatable bonds is 7. The molecular weight excluding hydrogens is 392 g/mol. The summed E-state index contributed by atoms with van der Waals surface area (Å²) < 4.78 is 5.35. The third-order valence-corrected chi connectivity index (χ3v) is 4.74. The summed E-state index contributed by atoms with van der Waals surface area (Å²) in [6, 6.07) is 14.4. The van der Waals surface area contributed by atoms with Crippen molar-refractivity contribution in [2.24, 2.45) is 5.73 Å². The van der Waals surface area contributed by atoms with Crippen LogP contribution in [-0.2, 0) is 22.4 Å². The van der Waals surface area contributed by atoms with Gasteiger partial charge >= 0.3 is 6.09 Å². The molecule has 7 heteroatoms. The SMILES string of the molecule is CC(C)(C)OC(=O)NC(Cc1ccccc1)C(=O)Nc1ccc2[nH]cc(CCN)c2c1. The van der Waals surface area contributed by atoms with Crippen molar-refractivity contribution in [1.82, 2.24) is 10.3 Å². The monoisotopic (exact) mass is 422 g/mol. The van der Waals surface area contributed by atoms with Gasteiger partial charge in [0, 0.05) is 29.2 Å². The first-order valence-electron chi connectivity index (χ1n) is 10.4. The van der Waals surface area contributed by atoms with E-state index < -0.39 is 17.7 Å². The van der Waals surface area contributed by atoms with Gasteiger partial charge in [-0.05, 0) is 63.1 Å². The molecule has 5 N–H and O–H groups in total. The maximum absolute atomic E-state index is 13.1. The molecule has 2 amide bonds. The minimum absolute atomic E-state index is 0.315. The number of hydrogen-bond donors (Lipinski definition) is 4. The Morgan fingerprint density at radius 3 is 2.55 bits per heavy atom. The largest absolute Gasteiger partial charge is 0.444 e. The van der Waals surface area contributed by atoms with Gasteiger partial charge in [-0.15, -0.1) is 0 Å². The molecular formula is C24H30N4O3. The number of aromatic nitrogens is 1. The molecule has 1 atom stereocenters. The van der Waals surface area contributed by atoms with Gasteiger partial charge in [-0.3, -0.25) is 4.79 Å². The Hall–Kier alpha value is -3.32. The predicted molar refractivity (Wildman–Crippen MR) is 123 cm³/mol. The van der Waals surface area contributed by atoms with E-state index in [9.17, 15) is 9.59 Å². The number of aromatic amines is 1. The van der Waals surface area contributed by atoms with Crippen LogP contribution in [0.5, 0.6) is 0 Å². The van der Waals surface area contributed by atoms with E-state index in [0.29, 0.717) is 18.7 Å². The highest BCUT2D eigenvalue weighted by atomic mass is 16.6. The third kappa shape index (κ3) is 6.33. The highest BCUT2D eigenvalue weighted by Crippen LogP contribution is 2.23. The van der Waals surface area contributed by atoms with Crippen LogP contribution in [0.2, 0.25) is 0 Å². The number of alkyl carbamates (subject to hydrolysis) is 1. The van der Waals surface area contributed by atoms with Crippen LogP contribution in [0.1, 0.15) is 31.9 Å². The Balaban J connectivity index is 1.79. The number of H-pyrrole nitrogens is 1. The smallest absolute Gasteiger partial charge is 0.408 e. The molecule has 3 aromatic rings. The molecule has 0 fully saturated rings. The maximum atomic E-state index is 13.1. The molecule has 1 unspecified atom stereocenters. The van der Waals surface area contributed by atoms with Gasteiger partial charge in [0.25, 0.3) is 0 Å². The fourth-order valence-corrected chi connectivity index (χ4v) is 3.36. The van der Waals surface area contributed by atoms with E-state index in [-0.39, 0.29) is 5.91 Å². The van der Waals surface area contributed by atoms with E-state index in [1.165, 1.54) is 0 Å². The topological polar surface area (TPSA) is 109 Å². The summed E-state index contributed by atoms with van der Waals surface area (Å²) in [7, 11) is 0. The summed E-state index contributed by atoms with van der Waals surface area (Å²) in [6.07, 6.45) is 2.39. The molecule has 164 valence electrons. The van der Waals surface area contributed by atoms with E-state index in [4.69, 9.17) is 10.5 Å². The summed E-state index contributed by atoms with van der Waals surface area (Å²) in [5, 5.41) is 6.65. The van der Waals surface area contributed by atoms with E-state index in [1.54, 1.807) is 20.8 Å². The summed E-state index contributed by atoms with van der Waals surface area (Å²) >= 11 is 0. The molecule has 7 nitrogen and oxygen atoms in total. The van der Waals surface area contributed by atoms with Crippen LogP contribution in [0.4, 0.5) is 10.5 Å². The van der Waals surface area contributed by atoms with Crippen LogP contribution in [0.15, 0.2) is 54.7 Å². The molecule has 31 heavy (non-hydrogen) atoms. The normalized spacial score (nSPS) is 12.4. The van der Waals surface area contributed by atoms with Crippen LogP contribution in [0.25, 0.3) is 10.9 Å². The number of benzene rings is 2. The van der Waals surface area contributed by atoms with Crippen molar-refractivity contribution in [1.29, 1.82) is 0 Å². The van der Waals surface area contributed by atoms with Crippen molar-refractivity contribution in [3.63, 3.8) is 0 Å². The molecule has 0 aliphatic rings. The van der Waals surface area contributed by atoms with E-state index >= 15 is 0 Å². The molecule has 1 aromatic heterocycles. The molecule has 2 aromatic carbocycles. The fraction of sp³-hybridized carbons (Fsp3) is 0.333. The summed E-state index contributed by atoms with van der Waals surface area (Å²) in [4.78, 5) is 28.7. The van der Waals surface area contributed by atoms with E-state index in [1.807, 2.05) is 54.7 Å². The van der Waals surface area contributed by atoms with Crippen molar-refractivity contribution in [3.8, 4) is 0 Å². The Morgan fingerprint density at radius 1 is 1.13 bits per heavy atom. The van der Waals surface area contributed by atoms with Crippen molar-refractivity contribution in [2.75, 3.05) is 11.9 Å². The maximum Gasteiger partial charge on any atom is 0.408 e. The molecule has 0 saturated heterocycles. The average molecular weight is 423 g/mol. The highest BCUT2D eigenvalue weighted by Gasteiger charge is 2.25. The fourth-order valence-electron chi connectivity index (χ4n) is 3.36. The molecule has 0 aliphatic carbocycles. The Morgan fingerprint density at radius 2 is 1.87 bits per heavy atom. The van der Waals surface area contributed by atoms with Crippen molar-refractivity contribution >= 4 is 28.6 Å². The molecule has 1 heterocycles. The molecule has 0 radical (unpaired) electrons. The van der Waals surface area contributed by atoms with E-state index in [2.05, 4.69) is 15.6 Å². The highest BCUT2D eigenvalue weighted by molar-refractivity contribution is 5.98. The summed E-state index contributed by atoms with van der Waals surface area (Å²) in [5.74, 6) is -0.315. The lowest BCUT2D eigenvalue weighted by Crippen LogP contribution is -2.47. The average Bonchev–Trinajstić information content (AvgIpc) is 3.09. The van der Waals surface area contributed by atoms with Gasteiger partial charge in [-0.1, -0.05) is 30.3 Å². The second-order valence-electron chi connectivity index (χ2n) is 8.49. The van der Waals surface area contributed by atoms with Crippen LogP contribution < -0.4 is 16.4 Å².